The summed E-state index contributed by atoms with van der Waals surface area (Å²) in [5.41, 5.74) is -0.485. The van der Waals surface area contributed by atoms with E-state index in [9.17, 15) is 14.9 Å². The lowest BCUT2D eigenvalue weighted by molar-refractivity contribution is -0.384. The second kappa shape index (κ2) is 3.87. The van der Waals surface area contributed by atoms with Crippen LogP contribution in [0.15, 0.2) is 24.2 Å². The number of nitro benzene ring substituents is 1. The maximum absolute atomic E-state index is 11.6. The molecule has 0 saturated heterocycles. The minimum absolute atomic E-state index is 0.129. The Morgan fingerprint density at radius 2 is 2.00 bits per heavy atom. The Labute approximate surface area is 83.9 Å². The maximum Gasteiger partial charge on any atom is 0.269 e. The predicted molar refractivity (Wildman–Crippen MR) is 51.1 cm³/mol. The van der Waals surface area contributed by atoms with Gasteiger partial charge in [0, 0.05) is 31.8 Å². The van der Waals surface area contributed by atoms with E-state index in [-0.39, 0.29) is 23.3 Å². The molecule has 0 spiro atoms. The van der Waals surface area contributed by atoms with Crippen LogP contribution in [0.3, 0.4) is 0 Å². The first-order chi connectivity index (χ1) is 7.34. The number of nitro groups is 1. The highest BCUT2D eigenvalue weighted by atomic mass is 16.6. The highest BCUT2D eigenvalue weighted by Crippen LogP contribution is 2.12. The van der Waals surface area contributed by atoms with Gasteiger partial charge in [-0.2, -0.15) is 0 Å². The molecule has 1 amide bonds. The number of carbonyl (C=O) groups is 1. The van der Waals surface area contributed by atoms with Crippen LogP contribution in [0.2, 0.25) is 0 Å². The van der Waals surface area contributed by atoms with Gasteiger partial charge in [0.1, 0.15) is 0 Å². The number of carbonyl (C=O) groups excluding carboxylic acids is 1. The third kappa shape index (κ3) is 2.07. The number of amides is 1. The zero-order chi connectivity index (χ0) is 12.5. The second-order valence-corrected chi connectivity index (χ2v) is 2.83. The Morgan fingerprint density at radius 1 is 1.50 bits per heavy atom. The summed E-state index contributed by atoms with van der Waals surface area (Å²) in [4.78, 5) is 22.6. The smallest absolute Gasteiger partial charge is 0.269 e. The van der Waals surface area contributed by atoms with Crippen LogP contribution >= 0.6 is 0 Å². The molecule has 0 heterocycles. The van der Waals surface area contributed by atoms with Crippen molar-refractivity contribution in [3.63, 3.8) is 0 Å². The molecule has 0 unspecified atom stereocenters. The predicted octanol–water partition coefficient (Wildman–Crippen LogP) is 1.30. The minimum Gasteiger partial charge on any atom is -0.345 e. The average Bonchev–Trinajstić information content (AvgIpc) is 2.15. The highest BCUT2D eigenvalue weighted by Gasteiger charge is 2.10. The summed E-state index contributed by atoms with van der Waals surface area (Å²) in [6.45, 7) is 0. The summed E-state index contributed by atoms with van der Waals surface area (Å²) >= 11 is 0. The summed E-state index contributed by atoms with van der Waals surface area (Å²) in [5, 5.41) is 10.5. The number of nitrogens with zero attached hydrogens (tertiary/aromatic N) is 2. The van der Waals surface area contributed by atoms with E-state index in [1.54, 1.807) is 0 Å². The molecule has 1 aromatic rings. The van der Waals surface area contributed by atoms with E-state index in [4.69, 9.17) is 2.74 Å². The molecule has 0 aliphatic carbocycles. The van der Waals surface area contributed by atoms with Gasteiger partial charge in [0.15, 0.2) is 0 Å². The summed E-state index contributed by atoms with van der Waals surface area (Å²) in [7, 11) is 2.98. The van der Waals surface area contributed by atoms with Crippen molar-refractivity contribution >= 4 is 11.6 Å². The highest BCUT2D eigenvalue weighted by molar-refractivity contribution is 5.94. The molecule has 0 saturated carbocycles. The van der Waals surface area contributed by atoms with Crippen molar-refractivity contribution in [3.05, 3.63) is 39.9 Å². The van der Waals surface area contributed by atoms with Gasteiger partial charge in [-0.1, -0.05) is 0 Å². The number of rotatable bonds is 2. The molecule has 0 aliphatic heterocycles. The molecule has 5 nitrogen and oxygen atoms in total. The van der Waals surface area contributed by atoms with Crippen LogP contribution in [0, 0.1) is 10.1 Å². The molecule has 14 heavy (non-hydrogen) atoms. The van der Waals surface area contributed by atoms with Crippen LogP contribution in [0.4, 0.5) is 5.69 Å². The third-order valence-corrected chi connectivity index (χ3v) is 1.56. The first kappa shape index (κ1) is 7.49. The van der Waals surface area contributed by atoms with Crippen LogP contribution in [0.1, 0.15) is 13.1 Å². The zero-order valence-electron chi connectivity index (χ0n) is 9.77. The fourth-order valence-electron chi connectivity index (χ4n) is 0.828. The van der Waals surface area contributed by atoms with E-state index in [1.807, 2.05) is 0 Å². The van der Waals surface area contributed by atoms with Crippen molar-refractivity contribution in [2.75, 3.05) is 14.1 Å². The van der Waals surface area contributed by atoms with Crippen LogP contribution in [0.5, 0.6) is 0 Å². The molecule has 0 N–H and O–H groups in total. The van der Waals surface area contributed by atoms with Gasteiger partial charge in [-0.3, -0.25) is 14.9 Å². The van der Waals surface area contributed by atoms with Gasteiger partial charge in [0.2, 0.25) is 0 Å². The monoisotopic (exact) mass is 196 g/mol. The molecule has 0 fully saturated rings. The van der Waals surface area contributed by atoms with E-state index in [1.165, 1.54) is 19.0 Å². The summed E-state index contributed by atoms with van der Waals surface area (Å²) < 4.78 is 15.0. The van der Waals surface area contributed by atoms with Crippen molar-refractivity contribution in [1.82, 2.24) is 4.90 Å². The zero-order valence-corrected chi connectivity index (χ0v) is 7.77. The van der Waals surface area contributed by atoms with E-state index in [0.29, 0.717) is 0 Å². The van der Waals surface area contributed by atoms with Crippen molar-refractivity contribution in [2.24, 2.45) is 0 Å². The van der Waals surface area contributed by atoms with Gasteiger partial charge in [-0.05, 0) is 12.1 Å². The molecule has 0 bridgehead atoms. The molecule has 0 radical (unpaired) electrons. The summed E-state index contributed by atoms with van der Waals surface area (Å²) in [6.07, 6.45) is 0. The molecule has 1 rings (SSSR count). The maximum atomic E-state index is 11.6. The van der Waals surface area contributed by atoms with E-state index in [0.717, 1.165) is 12.1 Å². The molecular weight excluding hydrogens is 184 g/mol. The van der Waals surface area contributed by atoms with E-state index in [2.05, 4.69) is 0 Å². The SMILES string of the molecule is [2H]c1cc([N+](=O)[O-])cc([2H])c1C(=O)N(C)C. The van der Waals surface area contributed by atoms with Crippen molar-refractivity contribution in [2.45, 2.75) is 0 Å². The normalized spacial score (nSPS) is 11.6. The van der Waals surface area contributed by atoms with Crippen molar-refractivity contribution in [1.29, 1.82) is 0 Å². The standard InChI is InChI=1S/C9H10N2O3/c1-10(2)9(12)7-3-5-8(6-4-7)11(13)14/h3-6H,1-2H3/i3D,4D. The lowest BCUT2D eigenvalue weighted by Gasteiger charge is -2.09. The Bertz CT molecular complexity index is 437. The number of hydrogen-bond acceptors (Lipinski definition) is 3. The fourth-order valence-corrected chi connectivity index (χ4v) is 0.828. The Kier molecular flexibility index (Phi) is 2.07. The third-order valence-electron chi connectivity index (χ3n) is 1.56. The van der Waals surface area contributed by atoms with Crippen molar-refractivity contribution < 1.29 is 12.5 Å². The summed E-state index contributed by atoms with van der Waals surface area (Å²) in [6, 6.07) is 1.32. The second-order valence-electron chi connectivity index (χ2n) is 2.83. The van der Waals surface area contributed by atoms with Crippen molar-refractivity contribution in [3.8, 4) is 0 Å². The quantitative estimate of drug-likeness (QED) is 0.529. The van der Waals surface area contributed by atoms with Crippen LogP contribution in [-0.4, -0.2) is 29.8 Å². The molecule has 0 aromatic heterocycles. The fraction of sp³-hybridized carbons (Fsp3) is 0.222. The topological polar surface area (TPSA) is 63.5 Å². The molecule has 0 atom stereocenters. The molecule has 5 heteroatoms. The largest absolute Gasteiger partial charge is 0.345 e. The van der Waals surface area contributed by atoms with Crippen LogP contribution in [-0.2, 0) is 0 Å². The lowest BCUT2D eigenvalue weighted by atomic mass is 10.2. The van der Waals surface area contributed by atoms with Crippen LogP contribution < -0.4 is 0 Å². The molecule has 1 aromatic carbocycles. The van der Waals surface area contributed by atoms with Gasteiger partial charge >= 0.3 is 0 Å². The lowest BCUT2D eigenvalue weighted by Crippen LogP contribution is -2.21. The molecular formula is C9H10N2O3. The van der Waals surface area contributed by atoms with Gasteiger partial charge in [0.25, 0.3) is 11.6 Å². The first-order valence-corrected chi connectivity index (χ1v) is 3.82. The first-order valence-electron chi connectivity index (χ1n) is 4.82. The van der Waals surface area contributed by atoms with Crippen LogP contribution in [0.25, 0.3) is 0 Å². The Hall–Kier alpha value is -1.91. The molecule has 0 aliphatic rings. The average molecular weight is 196 g/mol. The molecule has 74 valence electrons. The summed E-state index contributed by atoms with van der Waals surface area (Å²) in [5.74, 6) is -0.509. The van der Waals surface area contributed by atoms with Gasteiger partial charge < -0.3 is 4.90 Å². The Balaban J connectivity index is 3.33. The van der Waals surface area contributed by atoms with Gasteiger partial charge in [0.05, 0.1) is 7.66 Å². The Morgan fingerprint density at radius 3 is 2.36 bits per heavy atom. The van der Waals surface area contributed by atoms with E-state index >= 15 is 0 Å². The number of non-ortho nitro benzene ring substituents is 1. The van der Waals surface area contributed by atoms with Gasteiger partial charge in [-0.15, -0.1) is 0 Å². The van der Waals surface area contributed by atoms with Gasteiger partial charge in [-0.25, -0.2) is 0 Å². The number of benzene rings is 1. The number of hydrogen-bond donors (Lipinski definition) is 0. The minimum atomic E-state index is -0.694. The van der Waals surface area contributed by atoms with E-state index < -0.39 is 10.8 Å².